The van der Waals surface area contributed by atoms with E-state index < -0.39 is 35.9 Å². The standard InChI is InChI=1S/C25H24FN3O5.C17H18FN3O3.H2/c1-14(2)20(29-25(31)33-13-15-7-5-4-6-8-15)23-28-21(24(30)32-3)22(34-23)18-12-27-19-10-9-16(26)11-17(18)19;1-8(2)13(19)16-21-14(17(22)23-3)15(24-16)11-7-20-12-5-4-9(18)6-10(11)12;/h4-12,14,20,27H,13H2,1-3H3,(H,29,31);4-8,13,20H,19H2,1-3H3;1H/t20-;13-;/m00./s1. The number of carbonyl (C=O) groups is 3. The molecule has 5 N–H and O–H groups in total. The number of amides is 1. The maximum absolute atomic E-state index is 13.9. The molecule has 0 unspecified atom stereocenters. The van der Waals surface area contributed by atoms with Gasteiger partial charge in [0.25, 0.3) is 0 Å². The predicted octanol–water partition coefficient (Wildman–Crippen LogP) is 9.02. The summed E-state index contributed by atoms with van der Waals surface area (Å²) in [6.07, 6.45) is 2.59. The van der Waals surface area contributed by atoms with Gasteiger partial charge in [-0.05, 0) is 53.8 Å². The van der Waals surface area contributed by atoms with Crippen LogP contribution in [0.15, 0.2) is 88.0 Å². The number of fused-ring (bicyclic) bond motifs is 2. The number of benzene rings is 3. The van der Waals surface area contributed by atoms with Gasteiger partial charge in [0.05, 0.1) is 20.3 Å². The third kappa shape index (κ3) is 8.76. The molecular formula is C42H44F2N6O8. The first-order valence-corrected chi connectivity index (χ1v) is 18.2. The number of aromatic nitrogens is 4. The number of hydrogen-bond donors (Lipinski definition) is 4. The molecule has 304 valence electrons. The zero-order valence-electron chi connectivity index (χ0n) is 32.5. The first-order valence-electron chi connectivity index (χ1n) is 18.2. The van der Waals surface area contributed by atoms with Crippen LogP contribution in [-0.4, -0.2) is 52.2 Å². The Kier molecular flexibility index (Phi) is 12.4. The van der Waals surface area contributed by atoms with E-state index in [0.717, 1.165) is 5.56 Å². The summed E-state index contributed by atoms with van der Waals surface area (Å²) < 4.78 is 54.2. The molecule has 4 heterocycles. The minimum atomic E-state index is -0.718. The van der Waals surface area contributed by atoms with Gasteiger partial charge in [-0.2, -0.15) is 0 Å². The van der Waals surface area contributed by atoms with E-state index in [9.17, 15) is 23.2 Å². The van der Waals surface area contributed by atoms with Gasteiger partial charge in [0.15, 0.2) is 22.9 Å². The maximum Gasteiger partial charge on any atom is 0.408 e. The Morgan fingerprint density at radius 1 is 0.759 bits per heavy atom. The van der Waals surface area contributed by atoms with Gasteiger partial charge in [-0.25, -0.2) is 33.1 Å². The van der Waals surface area contributed by atoms with Gasteiger partial charge < -0.3 is 44.1 Å². The van der Waals surface area contributed by atoms with Crippen molar-refractivity contribution in [2.75, 3.05) is 14.2 Å². The lowest BCUT2D eigenvalue weighted by Crippen LogP contribution is -2.32. The van der Waals surface area contributed by atoms with Crippen LogP contribution < -0.4 is 11.1 Å². The van der Waals surface area contributed by atoms with Crippen molar-refractivity contribution in [1.29, 1.82) is 0 Å². The van der Waals surface area contributed by atoms with Crippen LogP contribution in [0, 0.1) is 23.5 Å². The highest BCUT2D eigenvalue weighted by molar-refractivity contribution is 6.02. The van der Waals surface area contributed by atoms with Crippen LogP contribution in [0.2, 0.25) is 0 Å². The number of halogens is 2. The van der Waals surface area contributed by atoms with E-state index in [-0.39, 0.29) is 60.4 Å². The molecule has 0 aliphatic carbocycles. The third-order valence-electron chi connectivity index (χ3n) is 9.24. The molecule has 58 heavy (non-hydrogen) atoms. The highest BCUT2D eigenvalue weighted by Gasteiger charge is 2.31. The van der Waals surface area contributed by atoms with Crippen LogP contribution in [0.4, 0.5) is 13.6 Å². The topological polar surface area (TPSA) is 201 Å². The molecule has 1 amide bonds. The number of hydrogen-bond acceptors (Lipinski definition) is 11. The van der Waals surface area contributed by atoms with Crippen molar-refractivity contribution < 1.29 is 47.6 Å². The maximum atomic E-state index is 13.9. The van der Waals surface area contributed by atoms with E-state index in [1.807, 2.05) is 58.0 Å². The molecule has 7 aromatic rings. The lowest BCUT2D eigenvalue weighted by atomic mass is 10.1. The van der Waals surface area contributed by atoms with E-state index in [1.165, 1.54) is 38.5 Å². The molecule has 0 bridgehead atoms. The second-order valence-electron chi connectivity index (χ2n) is 13.9. The first-order chi connectivity index (χ1) is 27.8. The SMILES string of the molecule is COC(=O)c1nc([C@@H](N)C(C)C)oc1-c1c[nH]c2ccc(F)cc12.COC(=O)c1nc([C@@H](NC(=O)OCc2ccccc2)C(C)C)oc1-c1c[nH]c2ccc(F)cc12.[HH]. The Labute approximate surface area is 332 Å². The summed E-state index contributed by atoms with van der Waals surface area (Å²) in [5.41, 5.74) is 9.22. The number of methoxy groups -OCH3 is 2. The van der Waals surface area contributed by atoms with Gasteiger partial charge in [-0.15, -0.1) is 0 Å². The highest BCUT2D eigenvalue weighted by Crippen LogP contribution is 2.36. The van der Waals surface area contributed by atoms with Gasteiger partial charge in [-0.3, -0.25) is 0 Å². The van der Waals surface area contributed by atoms with Gasteiger partial charge >= 0.3 is 18.0 Å². The third-order valence-corrected chi connectivity index (χ3v) is 9.24. The number of rotatable bonds is 11. The Balaban J connectivity index is 0.000000233. The number of nitrogens with two attached hydrogens (primary N) is 1. The van der Waals surface area contributed by atoms with E-state index in [2.05, 4.69) is 25.3 Å². The fourth-order valence-corrected chi connectivity index (χ4v) is 6.04. The smallest absolute Gasteiger partial charge is 0.408 e. The van der Waals surface area contributed by atoms with E-state index in [0.29, 0.717) is 32.9 Å². The molecule has 0 saturated carbocycles. The van der Waals surface area contributed by atoms with Crippen LogP contribution in [0.25, 0.3) is 44.5 Å². The zero-order valence-corrected chi connectivity index (χ0v) is 32.5. The number of esters is 2. The molecule has 0 radical (unpaired) electrons. The summed E-state index contributed by atoms with van der Waals surface area (Å²) in [6.45, 7) is 7.68. The number of alkyl carbamates (subject to hydrolysis) is 1. The van der Waals surface area contributed by atoms with Gasteiger partial charge in [0, 0.05) is 46.8 Å². The fraction of sp³-hybridized carbons (Fsp3) is 0.262. The summed E-state index contributed by atoms with van der Waals surface area (Å²) in [4.78, 5) is 51.6. The van der Waals surface area contributed by atoms with Crippen LogP contribution >= 0.6 is 0 Å². The quantitative estimate of drug-likeness (QED) is 0.0719. The molecular weight excluding hydrogens is 754 g/mol. The summed E-state index contributed by atoms with van der Waals surface area (Å²) >= 11 is 0. The van der Waals surface area contributed by atoms with Gasteiger partial charge in [0.1, 0.15) is 24.3 Å². The van der Waals surface area contributed by atoms with Crippen LogP contribution in [0.3, 0.4) is 0 Å². The molecule has 0 aliphatic rings. The average molecular weight is 799 g/mol. The second kappa shape index (κ2) is 17.5. The number of ether oxygens (including phenoxy) is 3. The van der Waals surface area contributed by atoms with Crippen molar-refractivity contribution in [1.82, 2.24) is 25.3 Å². The molecule has 2 atom stereocenters. The van der Waals surface area contributed by atoms with E-state index >= 15 is 0 Å². The normalized spacial score (nSPS) is 12.3. The monoisotopic (exact) mass is 798 g/mol. The van der Waals surface area contributed by atoms with Gasteiger partial charge in [-0.1, -0.05) is 58.0 Å². The Bertz CT molecular complexity index is 2560. The summed E-state index contributed by atoms with van der Waals surface area (Å²) in [5, 5.41) is 3.86. The minimum absolute atomic E-state index is 0. The van der Waals surface area contributed by atoms with Crippen molar-refractivity contribution in [3.63, 3.8) is 0 Å². The summed E-state index contributed by atoms with van der Waals surface area (Å²) in [6, 6.07) is 16.7. The summed E-state index contributed by atoms with van der Waals surface area (Å²) in [5.74, 6) is -1.58. The number of aromatic amines is 2. The van der Waals surface area contributed by atoms with Crippen LogP contribution in [0.5, 0.6) is 0 Å². The number of nitrogens with one attached hydrogen (secondary N) is 3. The predicted molar refractivity (Wildman–Crippen MR) is 211 cm³/mol. The number of carbonyl (C=O) groups excluding carboxylic acids is 3. The Hall–Kier alpha value is -6.81. The molecule has 0 spiro atoms. The van der Waals surface area contributed by atoms with Crippen LogP contribution in [-0.2, 0) is 20.8 Å². The number of nitrogens with zero attached hydrogens (tertiary/aromatic N) is 2. The van der Waals surface area contributed by atoms with Gasteiger partial charge in [0.2, 0.25) is 11.8 Å². The molecule has 4 aromatic heterocycles. The van der Waals surface area contributed by atoms with Crippen molar-refractivity contribution >= 4 is 39.8 Å². The van der Waals surface area contributed by atoms with Crippen molar-refractivity contribution in [2.45, 2.75) is 46.4 Å². The molecule has 16 heteroatoms. The van der Waals surface area contributed by atoms with Crippen molar-refractivity contribution in [2.24, 2.45) is 17.6 Å². The van der Waals surface area contributed by atoms with Crippen LogP contribution in [0.1, 0.15) is 79.5 Å². The summed E-state index contributed by atoms with van der Waals surface area (Å²) in [7, 11) is 2.49. The van der Waals surface area contributed by atoms with Crippen molar-refractivity contribution in [3.05, 3.63) is 119 Å². The fourth-order valence-electron chi connectivity index (χ4n) is 6.04. The largest absolute Gasteiger partial charge is 0.464 e. The Morgan fingerprint density at radius 3 is 1.74 bits per heavy atom. The molecule has 3 aromatic carbocycles. The molecule has 7 rings (SSSR count). The molecule has 0 aliphatic heterocycles. The van der Waals surface area contributed by atoms with Crippen molar-refractivity contribution in [3.8, 4) is 22.6 Å². The highest BCUT2D eigenvalue weighted by atomic mass is 19.1. The van der Waals surface area contributed by atoms with E-state index in [4.69, 9.17) is 28.8 Å². The second-order valence-corrected chi connectivity index (χ2v) is 13.9. The lowest BCUT2D eigenvalue weighted by molar-refractivity contribution is 0.0586. The Morgan fingerprint density at radius 2 is 1.26 bits per heavy atom. The number of oxazole rings is 2. The molecule has 0 fully saturated rings. The zero-order chi connectivity index (χ0) is 41.7. The minimum Gasteiger partial charge on any atom is -0.464 e. The molecule has 0 saturated heterocycles. The average Bonchev–Trinajstić information content (AvgIpc) is 4.03. The number of H-pyrrole nitrogens is 2. The van der Waals surface area contributed by atoms with E-state index in [1.54, 1.807) is 24.5 Å². The lowest BCUT2D eigenvalue weighted by Gasteiger charge is -2.19. The first kappa shape index (κ1) is 40.8. The molecule has 14 nitrogen and oxygen atoms in total.